The minimum atomic E-state index is -4.97. The number of hydrogen-bond donors (Lipinski definition) is 5. The Balaban J connectivity index is 2.99. The highest BCUT2D eigenvalue weighted by molar-refractivity contribution is 8.14. The molecular weight excluding hydrogens is 494 g/mol. The molecule has 0 aliphatic heterocycles. The van der Waals surface area contributed by atoms with Crippen LogP contribution in [0.2, 0.25) is 0 Å². The lowest BCUT2D eigenvalue weighted by Gasteiger charge is -2.18. The van der Waals surface area contributed by atoms with E-state index in [9.17, 15) is 42.6 Å². The van der Waals surface area contributed by atoms with Gasteiger partial charge in [-0.1, -0.05) is 23.5 Å². The normalized spacial score (nSPS) is 12.0. The largest absolute Gasteiger partial charge is 0.492 e. The number of aromatic nitrogens is 1. The van der Waals surface area contributed by atoms with Crippen LogP contribution in [0.3, 0.4) is 0 Å². The average molecular weight is 514 g/mol. The summed E-state index contributed by atoms with van der Waals surface area (Å²) in [7, 11) is -4.97. The Labute approximate surface area is 189 Å². The molecule has 1 unspecified atom stereocenters. The van der Waals surface area contributed by atoms with E-state index in [4.69, 9.17) is 4.55 Å². The average Bonchev–Trinajstić information content (AvgIpc) is 2.96. The number of carbonyl (C=O) groups is 5. The summed E-state index contributed by atoms with van der Waals surface area (Å²) in [6, 6.07) is -1.22. The van der Waals surface area contributed by atoms with Gasteiger partial charge in [0.1, 0.15) is 6.04 Å². The zero-order valence-electron chi connectivity index (χ0n) is 16.6. The zero-order chi connectivity index (χ0) is 24.6. The van der Waals surface area contributed by atoms with Crippen molar-refractivity contribution in [3.8, 4) is 11.8 Å². The summed E-state index contributed by atoms with van der Waals surface area (Å²) in [5.41, 5.74) is 0. The van der Waals surface area contributed by atoms with Gasteiger partial charge in [0, 0.05) is 26.5 Å². The highest BCUT2D eigenvalue weighted by Gasteiger charge is 2.29. The van der Waals surface area contributed by atoms with Gasteiger partial charge in [0.2, 0.25) is 17.7 Å². The molecule has 17 heteroatoms. The van der Waals surface area contributed by atoms with E-state index in [1.807, 2.05) is 0 Å². The molecule has 5 N–H and O–H groups in total. The molecule has 0 saturated carbocycles. The zero-order valence-corrected chi connectivity index (χ0v) is 19.0. The minimum Gasteiger partial charge on any atom is -0.492 e. The fourth-order valence-corrected chi connectivity index (χ4v) is 3.34. The van der Waals surface area contributed by atoms with Gasteiger partial charge < -0.3 is 25.7 Å². The van der Waals surface area contributed by atoms with Crippen molar-refractivity contribution in [1.29, 1.82) is 0 Å². The predicted octanol–water partition coefficient (Wildman–Crippen LogP) is -1.74. The monoisotopic (exact) mass is 513 g/mol. The topological polar surface area (TPSA) is 218 Å². The molecule has 1 rings (SSSR count). The van der Waals surface area contributed by atoms with Crippen LogP contribution < -0.4 is 15.5 Å². The highest BCUT2D eigenvalue weighted by Crippen LogP contribution is 2.29. The molecule has 1 atom stereocenters. The van der Waals surface area contributed by atoms with Gasteiger partial charge in [0.15, 0.2) is 15.1 Å². The third kappa shape index (κ3) is 8.77. The summed E-state index contributed by atoms with van der Waals surface area (Å²) in [6.07, 6.45) is 0. The standard InChI is InChI=1S/C15H19N3O11S3/c1-7(19)30-5-11(21)16-4-9(17-12(22)6-31-8(2)20)15(25)29-18-13(23)3-10(14(18)24)32(26,27)28/h3,9,23-24H,4-6H2,1-2H3,(H,16,21)(H,17,22)(H,26,27,28). The van der Waals surface area contributed by atoms with Crippen molar-refractivity contribution >= 4 is 61.7 Å². The summed E-state index contributed by atoms with van der Waals surface area (Å²) in [5.74, 6) is -5.91. The lowest BCUT2D eigenvalue weighted by molar-refractivity contribution is -0.149. The molecule has 0 aromatic carbocycles. The van der Waals surface area contributed by atoms with Crippen molar-refractivity contribution in [2.24, 2.45) is 0 Å². The lowest BCUT2D eigenvalue weighted by Crippen LogP contribution is -2.51. The smallest absolute Gasteiger partial charge is 0.357 e. The van der Waals surface area contributed by atoms with E-state index in [1.165, 1.54) is 13.8 Å². The van der Waals surface area contributed by atoms with Crippen molar-refractivity contribution < 1.29 is 52.0 Å². The molecule has 0 spiro atoms. The van der Waals surface area contributed by atoms with Crippen LogP contribution in [-0.4, -0.2) is 80.0 Å². The Bertz CT molecular complexity index is 1020. The first-order valence-electron chi connectivity index (χ1n) is 8.38. The van der Waals surface area contributed by atoms with Crippen LogP contribution in [0, 0.1) is 0 Å². The van der Waals surface area contributed by atoms with Crippen LogP contribution in [0.15, 0.2) is 11.0 Å². The minimum absolute atomic E-state index is 0.0255. The molecule has 0 bridgehead atoms. The van der Waals surface area contributed by atoms with E-state index < -0.39 is 57.1 Å². The summed E-state index contributed by atoms with van der Waals surface area (Å²) in [6.45, 7) is 1.89. The Hall–Kier alpha value is -2.76. The second-order valence-electron chi connectivity index (χ2n) is 5.85. The van der Waals surface area contributed by atoms with Crippen LogP contribution >= 0.6 is 23.5 Å². The first kappa shape index (κ1) is 27.3. The Morgan fingerprint density at radius 1 is 1.06 bits per heavy atom. The van der Waals surface area contributed by atoms with E-state index in [1.54, 1.807) is 0 Å². The number of amides is 2. The fourth-order valence-electron chi connectivity index (χ4n) is 1.91. The van der Waals surface area contributed by atoms with Crippen molar-refractivity contribution in [3.63, 3.8) is 0 Å². The molecule has 0 radical (unpaired) electrons. The molecule has 1 aromatic heterocycles. The predicted molar refractivity (Wildman–Crippen MR) is 110 cm³/mol. The van der Waals surface area contributed by atoms with Gasteiger partial charge in [0.25, 0.3) is 16.0 Å². The molecule has 2 amide bonds. The van der Waals surface area contributed by atoms with E-state index in [0.717, 1.165) is 0 Å². The van der Waals surface area contributed by atoms with Gasteiger partial charge in [0.05, 0.1) is 11.5 Å². The first-order valence-corrected chi connectivity index (χ1v) is 11.8. The summed E-state index contributed by atoms with van der Waals surface area (Å²) >= 11 is 1.32. The lowest BCUT2D eigenvalue weighted by atomic mass is 10.3. The summed E-state index contributed by atoms with van der Waals surface area (Å²) in [5, 5.41) is 23.2. The number of nitrogens with one attached hydrogen (secondary N) is 2. The Kier molecular flexibility index (Phi) is 10.0. The van der Waals surface area contributed by atoms with Gasteiger partial charge in [-0.3, -0.25) is 23.7 Å². The van der Waals surface area contributed by atoms with Crippen molar-refractivity contribution in [2.75, 3.05) is 18.1 Å². The van der Waals surface area contributed by atoms with Crippen molar-refractivity contribution in [1.82, 2.24) is 15.4 Å². The quantitative estimate of drug-likeness (QED) is 0.220. The molecule has 0 aliphatic carbocycles. The second-order valence-corrected chi connectivity index (χ2v) is 9.55. The molecular formula is C15H19N3O11S3. The van der Waals surface area contributed by atoms with E-state index in [0.29, 0.717) is 29.6 Å². The molecule has 14 nitrogen and oxygen atoms in total. The van der Waals surface area contributed by atoms with Gasteiger partial charge in [-0.2, -0.15) is 8.42 Å². The number of hydrogen-bond acceptors (Lipinski definition) is 12. The number of rotatable bonds is 10. The number of thioether (sulfide) groups is 2. The van der Waals surface area contributed by atoms with Gasteiger partial charge in [-0.25, -0.2) is 4.79 Å². The molecule has 0 aliphatic rings. The van der Waals surface area contributed by atoms with E-state index in [2.05, 4.69) is 15.5 Å². The number of carbonyl (C=O) groups excluding carboxylic acids is 5. The maximum absolute atomic E-state index is 12.5. The SMILES string of the molecule is CC(=O)SCC(=O)NCC(NC(=O)CSC(C)=O)C(=O)On1c(O)cc(S(=O)(=O)O)c1O. The third-order valence-corrected chi connectivity index (χ3v) is 5.76. The fraction of sp³-hybridized carbons (Fsp3) is 0.400. The van der Waals surface area contributed by atoms with Crippen LogP contribution in [0.5, 0.6) is 11.8 Å². The van der Waals surface area contributed by atoms with Crippen LogP contribution in [0.25, 0.3) is 0 Å². The maximum Gasteiger partial charge on any atom is 0.357 e. The Morgan fingerprint density at radius 3 is 2.06 bits per heavy atom. The van der Waals surface area contributed by atoms with Crippen molar-refractivity contribution in [2.45, 2.75) is 24.8 Å². The number of nitrogens with zero attached hydrogens (tertiary/aromatic N) is 1. The molecule has 1 aromatic rings. The third-order valence-electron chi connectivity index (χ3n) is 3.28. The maximum atomic E-state index is 12.5. The van der Waals surface area contributed by atoms with E-state index in [-0.39, 0.29) is 26.5 Å². The Morgan fingerprint density at radius 2 is 1.59 bits per heavy atom. The first-order chi connectivity index (χ1) is 14.7. The van der Waals surface area contributed by atoms with Gasteiger partial charge in [-0.05, 0) is 0 Å². The van der Waals surface area contributed by atoms with Gasteiger partial charge in [-0.15, -0.1) is 4.73 Å². The molecule has 0 saturated heterocycles. The van der Waals surface area contributed by atoms with E-state index >= 15 is 0 Å². The molecule has 32 heavy (non-hydrogen) atoms. The van der Waals surface area contributed by atoms with Crippen LogP contribution in [-0.2, 0) is 34.1 Å². The summed E-state index contributed by atoms with van der Waals surface area (Å²) < 4.78 is 31.3. The molecule has 1 heterocycles. The summed E-state index contributed by atoms with van der Waals surface area (Å²) in [4.78, 5) is 61.6. The highest BCUT2D eigenvalue weighted by atomic mass is 32.2. The van der Waals surface area contributed by atoms with Crippen LogP contribution in [0.1, 0.15) is 13.8 Å². The van der Waals surface area contributed by atoms with Crippen LogP contribution in [0.4, 0.5) is 0 Å². The molecule has 0 fully saturated rings. The number of aromatic hydroxyl groups is 2. The molecule has 178 valence electrons. The second kappa shape index (κ2) is 11.7. The van der Waals surface area contributed by atoms with Crippen molar-refractivity contribution in [3.05, 3.63) is 6.07 Å². The van der Waals surface area contributed by atoms with Gasteiger partial charge >= 0.3 is 5.97 Å².